The fraction of sp³-hybridized carbons (Fsp3) is 0.222. The largest absolute Gasteiger partial charge is 0.398 e. The highest BCUT2D eigenvalue weighted by molar-refractivity contribution is 6.01. The number of rotatable bonds is 3. The third-order valence-electron chi connectivity index (χ3n) is 4.19. The van der Waals surface area contributed by atoms with E-state index in [4.69, 9.17) is 11.1 Å². The van der Waals surface area contributed by atoms with Crippen molar-refractivity contribution in [1.29, 1.82) is 10.7 Å². The molecule has 4 N–H and O–H groups in total. The van der Waals surface area contributed by atoms with Crippen LogP contribution in [0.5, 0.6) is 0 Å². The van der Waals surface area contributed by atoms with Gasteiger partial charge in [-0.3, -0.25) is 0 Å². The number of nitrogens with two attached hydrogens (primary N) is 1. The Morgan fingerprint density at radius 3 is 2.95 bits per heavy atom. The van der Waals surface area contributed by atoms with Crippen molar-refractivity contribution in [1.82, 2.24) is 0 Å². The van der Waals surface area contributed by atoms with Crippen LogP contribution in [0.4, 0.5) is 11.4 Å². The first-order valence-corrected chi connectivity index (χ1v) is 7.33. The number of nitriles is 1. The van der Waals surface area contributed by atoms with Crippen molar-refractivity contribution >= 4 is 17.1 Å². The Kier molecular flexibility index (Phi) is 3.56. The van der Waals surface area contributed by atoms with E-state index >= 15 is 0 Å². The van der Waals surface area contributed by atoms with E-state index in [0.29, 0.717) is 11.4 Å². The topological polar surface area (TPSA) is 85.7 Å². The summed E-state index contributed by atoms with van der Waals surface area (Å²) in [5, 5.41) is 20.5. The lowest BCUT2D eigenvalue weighted by Gasteiger charge is -2.17. The maximum atomic E-state index is 9.20. The van der Waals surface area contributed by atoms with Crippen LogP contribution >= 0.6 is 0 Å². The third-order valence-corrected chi connectivity index (χ3v) is 4.19. The minimum atomic E-state index is 0. The summed E-state index contributed by atoms with van der Waals surface area (Å²) < 4.78 is 0. The van der Waals surface area contributed by atoms with E-state index in [0.717, 1.165) is 35.2 Å². The lowest BCUT2D eigenvalue weighted by Crippen LogP contribution is -2.08. The fourth-order valence-electron chi connectivity index (χ4n) is 3.08. The van der Waals surface area contributed by atoms with Crippen molar-refractivity contribution in [2.24, 2.45) is 0 Å². The maximum Gasteiger partial charge on any atom is 0.0994 e. The molecule has 0 saturated carbocycles. The fourth-order valence-corrected chi connectivity index (χ4v) is 3.08. The molecule has 1 atom stereocenters. The summed E-state index contributed by atoms with van der Waals surface area (Å²) >= 11 is 0. The molecule has 0 heterocycles. The minimum Gasteiger partial charge on any atom is -0.398 e. The zero-order chi connectivity index (χ0) is 15.7. The molecule has 1 aliphatic rings. The van der Waals surface area contributed by atoms with Crippen LogP contribution in [0.3, 0.4) is 0 Å². The van der Waals surface area contributed by atoms with Gasteiger partial charge in [0.25, 0.3) is 0 Å². The molecule has 0 amide bonds. The molecule has 0 fully saturated rings. The van der Waals surface area contributed by atoms with Gasteiger partial charge in [-0.25, -0.2) is 0 Å². The molecule has 0 radical (unpaired) electrons. The summed E-state index contributed by atoms with van der Waals surface area (Å²) in [7, 11) is 0. The van der Waals surface area contributed by atoms with Gasteiger partial charge in [0.05, 0.1) is 17.7 Å². The zero-order valence-electron chi connectivity index (χ0n) is 12.5. The first kappa shape index (κ1) is 14.2. The molecule has 0 aromatic heterocycles. The Morgan fingerprint density at radius 2 is 2.23 bits per heavy atom. The van der Waals surface area contributed by atoms with Crippen molar-refractivity contribution in [3.63, 3.8) is 0 Å². The molecular weight excluding hydrogens is 272 g/mol. The molecule has 4 nitrogen and oxygen atoms in total. The van der Waals surface area contributed by atoms with Gasteiger partial charge in [-0.2, -0.15) is 5.26 Å². The van der Waals surface area contributed by atoms with E-state index in [1.807, 2.05) is 30.3 Å². The summed E-state index contributed by atoms with van der Waals surface area (Å²) in [6, 6.07) is 14.1. The van der Waals surface area contributed by atoms with Crippen LogP contribution in [0, 0.1) is 16.7 Å². The van der Waals surface area contributed by atoms with Gasteiger partial charge < -0.3 is 16.5 Å². The number of nitrogens with zero attached hydrogens (tertiary/aromatic N) is 1. The van der Waals surface area contributed by atoms with Crippen molar-refractivity contribution in [3.8, 4) is 6.07 Å². The standard InChI is InChI=1S/C18H18N4.2H2/c1-11(20)16-9-13(5-7-17(16)21)22-18-8-6-14-12(10-19)3-2-4-15(14)18;;/h2-5,7,9,18,20,22H,6,8,21H2,1H3;2*1H/t18-;;/m1../s1. The van der Waals surface area contributed by atoms with E-state index in [-0.39, 0.29) is 8.90 Å². The van der Waals surface area contributed by atoms with E-state index in [1.54, 1.807) is 6.92 Å². The van der Waals surface area contributed by atoms with Crippen LogP contribution < -0.4 is 11.1 Å². The summed E-state index contributed by atoms with van der Waals surface area (Å²) in [4.78, 5) is 0. The van der Waals surface area contributed by atoms with Crippen LogP contribution in [0.25, 0.3) is 0 Å². The maximum absolute atomic E-state index is 9.20. The quantitative estimate of drug-likeness (QED) is 0.588. The van der Waals surface area contributed by atoms with E-state index in [9.17, 15) is 5.26 Å². The Hall–Kier alpha value is -2.80. The second kappa shape index (κ2) is 5.53. The van der Waals surface area contributed by atoms with Crippen LogP contribution in [0.2, 0.25) is 0 Å². The molecule has 4 heteroatoms. The molecule has 114 valence electrons. The molecule has 0 saturated heterocycles. The highest BCUT2D eigenvalue weighted by Gasteiger charge is 2.24. The van der Waals surface area contributed by atoms with Crippen molar-refractivity contribution in [3.05, 3.63) is 58.7 Å². The Morgan fingerprint density at radius 1 is 1.41 bits per heavy atom. The summed E-state index contributed by atoms with van der Waals surface area (Å²) in [6.45, 7) is 1.74. The van der Waals surface area contributed by atoms with Crippen LogP contribution in [-0.2, 0) is 6.42 Å². The summed E-state index contributed by atoms with van der Waals surface area (Å²) in [5.41, 5.74) is 11.8. The van der Waals surface area contributed by atoms with Gasteiger partial charge in [0, 0.05) is 25.5 Å². The van der Waals surface area contributed by atoms with Gasteiger partial charge >= 0.3 is 0 Å². The molecular formula is C18H22N4. The Labute approximate surface area is 133 Å². The number of anilines is 2. The first-order chi connectivity index (χ1) is 10.6. The summed E-state index contributed by atoms with van der Waals surface area (Å²) in [5.74, 6) is 0. The molecule has 0 aliphatic heterocycles. The Bertz CT molecular complexity index is 796. The minimum absolute atomic E-state index is 0. The van der Waals surface area contributed by atoms with Gasteiger partial charge in [0.2, 0.25) is 0 Å². The normalized spacial score (nSPS) is 15.9. The predicted octanol–water partition coefficient (Wildman–Crippen LogP) is 4.12. The molecule has 0 bridgehead atoms. The lowest BCUT2D eigenvalue weighted by atomic mass is 10.0. The molecule has 1 aliphatic carbocycles. The molecule has 0 unspecified atom stereocenters. The number of nitrogen functional groups attached to an aromatic ring is 1. The number of fused-ring (bicyclic) bond motifs is 1. The molecule has 22 heavy (non-hydrogen) atoms. The van der Waals surface area contributed by atoms with Crippen molar-refractivity contribution in [2.45, 2.75) is 25.8 Å². The van der Waals surface area contributed by atoms with Crippen molar-refractivity contribution < 1.29 is 2.85 Å². The smallest absolute Gasteiger partial charge is 0.0994 e. The SMILES string of the molecule is CC(=N)c1cc(N[C@@H]2CCc3c(C#N)cccc32)ccc1N.[HH].[HH]. The molecule has 0 spiro atoms. The van der Waals surface area contributed by atoms with Gasteiger partial charge in [-0.1, -0.05) is 12.1 Å². The summed E-state index contributed by atoms with van der Waals surface area (Å²) in [6.07, 6.45) is 1.89. The second-order valence-corrected chi connectivity index (χ2v) is 5.65. The second-order valence-electron chi connectivity index (χ2n) is 5.65. The molecule has 2 aromatic carbocycles. The average molecular weight is 294 g/mol. The van der Waals surface area contributed by atoms with E-state index in [1.165, 1.54) is 5.56 Å². The highest BCUT2D eigenvalue weighted by atomic mass is 14.9. The van der Waals surface area contributed by atoms with Crippen LogP contribution in [0.1, 0.15) is 44.5 Å². The third kappa shape index (κ3) is 2.42. The van der Waals surface area contributed by atoms with Crippen LogP contribution in [0.15, 0.2) is 36.4 Å². The van der Waals surface area contributed by atoms with E-state index in [2.05, 4.69) is 17.5 Å². The zero-order valence-corrected chi connectivity index (χ0v) is 12.5. The Balaban J connectivity index is 0.00000144. The van der Waals surface area contributed by atoms with Gasteiger partial charge in [-0.15, -0.1) is 0 Å². The average Bonchev–Trinajstić information content (AvgIpc) is 2.92. The number of nitrogens with one attached hydrogen (secondary N) is 2. The van der Waals surface area contributed by atoms with Gasteiger partial charge in [0.1, 0.15) is 0 Å². The van der Waals surface area contributed by atoms with Crippen molar-refractivity contribution in [2.75, 3.05) is 11.1 Å². The number of hydrogen-bond donors (Lipinski definition) is 3. The monoisotopic (exact) mass is 294 g/mol. The number of benzene rings is 2. The molecule has 3 rings (SSSR count). The first-order valence-electron chi connectivity index (χ1n) is 7.33. The van der Waals surface area contributed by atoms with Crippen LogP contribution in [-0.4, -0.2) is 5.71 Å². The molecule has 2 aromatic rings. The lowest BCUT2D eigenvalue weighted by molar-refractivity contribution is 0.762. The predicted molar refractivity (Wildman–Crippen MR) is 93.4 cm³/mol. The van der Waals surface area contributed by atoms with E-state index < -0.39 is 0 Å². The van der Waals surface area contributed by atoms with Gasteiger partial charge in [-0.05, 0) is 55.2 Å². The number of hydrogen-bond acceptors (Lipinski definition) is 4. The van der Waals surface area contributed by atoms with Gasteiger partial charge in [0.15, 0.2) is 0 Å². The highest BCUT2D eigenvalue weighted by Crippen LogP contribution is 2.36.